The molecule has 1 atom stereocenters. The molecule has 7 heteroatoms. The molecule has 1 aromatic heterocycles. The summed E-state index contributed by atoms with van der Waals surface area (Å²) in [5.41, 5.74) is 5.66. The Hall–Kier alpha value is -3.73. The molecule has 0 bridgehead atoms. The first kappa shape index (κ1) is 23.0. The molecule has 2 aliphatic heterocycles. The number of benzene rings is 2. The highest BCUT2D eigenvalue weighted by Crippen LogP contribution is 2.25. The lowest BCUT2D eigenvalue weighted by Gasteiger charge is -2.28. The molecular weight excluding hydrogens is 438 g/mol. The van der Waals surface area contributed by atoms with E-state index in [-0.39, 0.29) is 6.10 Å². The topological polar surface area (TPSA) is 85.3 Å². The fourth-order valence-corrected chi connectivity index (χ4v) is 4.77. The molecule has 3 heterocycles. The van der Waals surface area contributed by atoms with Crippen LogP contribution in [0.5, 0.6) is 5.75 Å². The minimum Gasteiger partial charge on any atom is -0.488 e. The molecule has 0 radical (unpaired) electrons. The Morgan fingerprint density at radius 1 is 1.17 bits per heavy atom. The molecule has 2 fully saturated rings. The van der Waals surface area contributed by atoms with Gasteiger partial charge in [-0.05, 0) is 60.5 Å². The second kappa shape index (κ2) is 10.3. The van der Waals surface area contributed by atoms with Crippen molar-refractivity contribution in [2.45, 2.75) is 12.5 Å². The number of morpholine rings is 1. The summed E-state index contributed by atoms with van der Waals surface area (Å²) in [6.07, 6.45) is 1.05. The van der Waals surface area contributed by atoms with Crippen molar-refractivity contribution in [2.24, 2.45) is 0 Å². The lowest BCUT2D eigenvalue weighted by Crippen LogP contribution is -2.36. The zero-order valence-electron chi connectivity index (χ0n) is 20.1. The van der Waals surface area contributed by atoms with Crippen molar-refractivity contribution in [1.82, 2.24) is 15.6 Å². The maximum Gasteiger partial charge on any atom is 0.137 e. The van der Waals surface area contributed by atoms with Gasteiger partial charge in [-0.3, -0.25) is 0 Å². The van der Waals surface area contributed by atoms with Gasteiger partial charge in [0.1, 0.15) is 17.9 Å². The highest BCUT2D eigenvalue weighted by atomic mass is 16.5. The van der Waals surface area contributed by atoms with Crippen LogP contribution in [0.3, 0.4) is 0 Å². The molecule has 3 N–H and O–H groups in total. The standard InChI is InChI=1S/C28H31N5O2/c1-19-25(16-26(32-19)20-3-6-23(7-4-20)33-11-13-34-14-12-33)28(30-2)21-5-8-27(22(15-21)17-29)35-24-9-10-31-18-24/h3-8,15-16,24,30-32H,1,9-14,18H2,2H3/b28-25-/t24-/m1/s1. The number of aromatic nitrogens is 1. The Morgan fingerprint density at radius 3 is 2.66 bits per heavy atom. The SMILES string of the molecule is C=c1[nH]c(-c2ccc(N3CCOCC3)cc2)c/c1=C(/NC)c1ccc(O[C@@H]2CCNC2)c(C#N)c1. The Kier molecular flexibility index (Phi) is 6.75. The molecule has 180 valence electrons. The first-order valence-electron chi connectivity index (χ1n) is 12.1. The molecule has 2 saturated heterocycles. The van der Waals surface area contributed by atoms with Gasteiger partial charge in [0.05, 0.1) is 24.5 Å². The fourth-order valence-electron chi connectivity index (χ4n) is 4.77. The summed E-state index contributed by atoms with van der Waals surface area (Å²) in [7, 11) is 1.89. The van der Waals surface area contributed by atoms with E-state index in [9.17, 15) is 5.26 Å². The van der Waals surface area contributed by atoms with Crippen LogP contribution in [0, 0.1) is 11.3 Å². The summed E-state index contributed by atoms with van der Waals surface area (Å²) in [6, 6.07) is 18.8. The molecule has 2 aliphatic rings. The highest BCUT2D eigenvalue weighted by molar-refractivity contribution is 5.70. The number of nitrogens with one attached hydrogen (secondary N) is 3. The summed E-state index contributed by atoms with van der Waals surface area (Å²) in [5.74, 6) is 0.630. The molecule has 3 aromatic rings. The van der Waals surface area contributed by atoms with Gasteiger partial charge in [0.2, 0.25) is 0 Å². The predicted octanol–water partition coefficient (Wildman–Crippen LogP) is 1.92. The Labute approximate surface area is 205 Å². The van der Waals surface area contributed by atoms with Crippen LogP contribution in [-0.2, 0) is 4.74 Å². The minimum absolute atomic E-state index is 0.106. The van der Waals surface area contributed by atoms with Crippen molar-refractivity contribution < 1.29 is 9.47 Å². The molecule has 0 unspecified atom stereocenters. The maximum atomic E-state index is 9.76. The molecule has 0 aliphatic carbocycles. The highest BCUT2D eigenvalue weighted by Gasteiger charge is 2.18. The molecule has 5 rings (SSSR count). The van der Waals surface area contributed by atoms with Crippen molar-refractivity contribution in [3.63, 3.8) is 0 Å². The van der Waals surface area contributed by atoms with Gasteiger partial charge in [-0.2, -0.15) is 5.26 Å². The van der Waals surface area contributed by atoms with Gasteiger partial charge >= 0.3 is 0 Å². The van der Waals surface area contributed by atoms with Gasteiger partial charge in [0.25, 0.3) is 0 Å². The number of aromatic amines is 1. The van der Waals surface area contributed by atoms with E-state index in [0.717, 1.165) is 78.9 Å². The third kappa shape index (κ3) is 4.90. The summed E-state index contributed by atoms with van der Waals surface area (Å²) >= 11 is 0. The van der Waals surface area contributed by atoms with E-state index in [1.165, 1.54) is 5.69 Å². The Morgan fingerprint density at radius 2 is 1.97 bits per heavy atom. The molecular formula is C28H31N5O2. The van der Waals surface area contributed by atoms with Crippen molar-refractivity contribution in [2.75, 3.05) is 51.3 Å². The van der Waals surface area contributed by atoms with Crippen molar-refractivity contribution >= 4 is 18.0 Å². The van der Waals surface area contributed by atoms with Crippen LogP contribution in [0.4, 0.5) is 5.69 Å². The normalized spacial score (nSPS) is 18.7. The van der Waals surface area contributed by atoms with E-state index < -0.39 is 0 Å². The van der Waals surface area contributed by atoms with Gasteiger partial charge in [-0.1, -0.05) is 18.7 Å². The fraction of sp³-hybridized carbons (Fsp3) is 0.321. The van der Waals surface area contributed by atoms with E-state index >= 15 is 0 Å². The summed E-state index contributed by atoms with van der Waals surface area (Å²) < 4.78 is 11.5. The number of H-pyrrole nitrogens is 1. The quantitative estimate of drug-likeness (QED) is 0.512. The van der Waals surface area contributed by atoms with Crippen molar-refractivity contribution in [3.8, 4) is 23.1 Å². The molecule has 2 aromatic carbocycles. The smallest absolute Gasteiger partial charge is 0.137 e. The van der Waals surface area contributed by atoms with E-state index in [0.29, 0.717) is 11.3 Å². The van der Waals surface area contributed by atoms with Gasteiger partial charge in [-0.15, -0.1) is 0 Å². The van der Waals surface area contributed by atoms with Crippen LogP contribution in [0.15, 0.2) is 48.5 Å². The van der Waals surface area contributed by atoms with E-state index in [2.05, 4.69) is 63.5 Å². The number of rotatable bonds is 6. The van der Waals surface area contributed by atoms with Crippen LogP contribution in [-0.4, -0.2) is 57.5 Å². The van der Waals surface area contributed by atoms with Crippen LogP contribution < -0.4 is 30.8 Å². The first-order chi connectivity index (χ1) is 17.2. The van der Waals surface area contributed by atoms with Crippen LogP contribution in [0.2, 0.25) is 0 Å². The lowest BCUT2D eigenvalue weighted by atomic mass is 10.1. The second-order valence-corrected chi connectivity index (χ2v) is 8.90. The predicted molar refractivity (Wildman–Crippen MR) is 139 cm³/mol. The number of ether oxygens (including phenoxy) is 2. The monoisotopic (exact) mass is 469 g/mol. The van der Waals surface area contributed by atoms with Crippen molar-refractivity contribution in [1.29, 1.82) is 5.26 Å². The maximum absolute atomic E-state index is 9.76. The van der Waals surface area contributed by atoms with Gasteiger partial charge in [-0.25, -0.2) is 0 Å². The number of hydrogen-bond acceptors (Lipinski definition) is 6. The number of hydrogen-bond donors (Lipinski definition) is 3. The van der Waals surface area contributed by atoms with E-state index in [4.69, 9.17) is 9.47 Å². The van der Waals surface area contributed by atoms with Crippen LogP contribution >= 0.6 is 0 Å². The summed E-state index contributed by atoms with van der Waals surface area (Å²) in [4.78, 5) is 5.77. The third-order valence-electron chi connectivity index (χ3n) is 6.67. The largest absolute Gasteiger partial charge is 0.488 e. The molecule has 0 amide bonds. The number of anilines is 1. The number of nitrogens with zero attached hydrogens (tertiary/aromatic N) is 2. The zero-order valence-corrected chi connectivity index (χ0v) is 20.1. The van der Waals surface area contributed by atoms with Gasteiger partial charge < -0.3 is 30.0 Å². The molecule has 0 spiro atoms. The van der Waals surface area contributed by atoms with Crippen LogP contribution in [0.25, 0.3) is 23.5 Å². The molecule has 7 nitrogen and oxygen atoms in total. The zero-order chi connectivity index (χ0) is 24.2. The summed E-state index contributed by atoms with van der Waals surface area (Å²) in [6.45, 7) is 9.38. The van der Waals surface area contributed by atoms with Crippen molar-refractivity contribution in [3.05, 3.63) is 70.2 Å². The Bertz CT molecular complexity index is 1330. The van der Waals surface area contributed by atoms with E-state index in [1.54, 1.807) is 0 Å². The average Bonchev–Trinajstić information content (AvgIpc) is 3.56. The summed E-state index contributed by atoms with van der Waals surface area (Å²) in [5, 5.41) is 18.2. The first-order valence-corrected chi connectivity index (χ1v) is 12.1. The third-order valence-corrected chi connectivity index (χ3v) is 6.67. The molecule has 0 saturated carbocycles. The lowest BCUT2D eigenvalue weighted by molar-refractivity contribution is 0.122. The number of nitriles is 1. The minimum atomic E-state index is 0.106. The van der Waals surface area contributed by atoms with Crippen LogP contribution in [0.1, 0.15) is 17.5 Å². The second-order valence-electron chi connectivity index (χ2n) is 8.90. The Balaban J connectivity index is 1.45. The average molecular weight is 470 g/mol. The van der Waals surface area contributed by atoms with Gasteiger partial charge in [0, 0.05) is 48.6 Å². The molecule has 35 heavy (non-hydrogen) atoms. The van der Waals surface area contributed by atoms with E-state index in [1.807, 2.05) is 25.2 Å². The van der Waals surface area contributed by atoms with Gasteiger partial charge in [0.15, 0.2) is 0 Å².